The number of esters is 1. The predicted molar refractivity (Wildman–Crippen MR) is 77.7 cm³/mol. The molecule has 5 nitrogen and oxygen atoms in total. The Balaban J connectivity index is 2.57. The number of aromatic nitrogens is 1. The highest BCUT2D eigenvalue weighted by Crippen LogP contribution is 2.32. The Morgan fingerprint density at radius 1 is 1.40 bits per heavy atom. The number of nitrogens with two attached hydrogens (primary N) is 1. The van der Waals surface area contributed by atoms with Crippen LogP contribution in [0.3, 0.4) is 0 Å². The summed E-state index contributed by atoms with van der Waals surface area (Å²) in [6, 6.07) is 4.95. The number of carbonyl (C=O) groups excluding carboxylic acids is 1. The van der Waals surface area contributed by atoms with Crippen molar-refractivity contribution in [2.45, 2.75) is 26.4 Å². The molecule has 1 atom stereocenters. The van der Waals surface area contributed by atoms with Gasteiger partial charge in [-0.2, -0.15) is 0 Å². The molecule has 0 saturated heterocycles. The van der Waals surface area contributed by atoms with Crippen LogP contribution in [0.25, 0.3) is 10.9 Å². The molecule has 5 heteroatoms. The van der Waals surface area contributed by atoms with Crippen LogP contribution >= 0.6 is 0 Å². The van der Waals surface area contributed by atoms with Crippen LogP contribution in [-0.2, 0) is 16.1 Å². The third kappa shape index (κ3) is 2.36. The van der Waals surface area contributed by atoms with Crippen molar-refractivity contribution in [1.29, 1.82) is 0 Å². The van der Waals surface area contributed by atoms with Gasteiger partial charge in [-0.3, -0.25) is 0 Å². The van der Waals surface area contributed by atoms with E-state index in [9.17, 15) is 4.79 Å². The van der Waals surface area contributed by atoms with Gasteiger partial charge in [0.15, 0.2) is 0 Å². The van der Waals surface area contributed by atoms with Crippen LogP contribution < -0.4 is 10.5 Å². The first-order valence-corrected chi connectivity index (χ1v) is 6.71. The van der Waals surface area contributed by atoms with Crippen molar-refractivity contribution in [2.24, 2.45) is 5.73 Å². The van der Waals surface area contributed by atoms with Gasteiger partial charge in [0.2, 0.25) is 0 Å². The molecule has 0 radical (unpaired) electrons. The fourth-order valence-corrected chi connectivity index (χ4v) is 2.37. The van der Waals surface area contributed by atoms with Gasteiger partial charge in [0.1, 0.15) is 11.8 Å². The van der Waals surface area contributed by atoms with Gasteiger partial charge < -0.3 is 19.8 Å². The molecule has 0 aliphatic carbocycles. The summed E-state index contributed by atoms with van der Waals surface area (Å²) in [5.41, 5.74) is 7.74. The summed E-state index contributed by atoms with van der Waals surface area (Å²) < 4.78 is 12.4. The second-order valence-corrected chi connectivity index (χ2v) is 4.46. The molecule has 1 aromatic carbocycles. The van der Waals surface area contributed by atoms with Crippen molar-refractivity contribution in [1.82, 2.24) is 4.57 Å². The van der Waals surface area contributed by atoms with Gasteiger partial charge in [-0.25, -0.2) is 4.79 Å². The van der Waals surface area contributed by atoms with Gasteiger partial charge in [0.05, 0.1) is 19.2 Å². The number of nitrogens with zero attached hydrogens (tertiary/aromatic N) is 1. The van der Waals surface area contributed by atoms with E-state index in [-0.39, 0.29) is 0 Å². The lowest BCUT2D eigenvalue weighted by molar-refractivity contribution is -0.144. The van der Waals surface area contributed by atoms with Crippen LogP contribution in [0.1, 0.15) is 25.5 Å². The van der Waals surface area contributed by atoms with Crippen LogP contribution in [0.4, 0.5) is 0 Å². The molecule has 108 valence electrons. The number of aryl methyl sites for hydroxylation is 1. The lowest BCUT2D eigenvalue weighted by Gasteiger charge is -2.09. The molecule has 2 rings (SSSR count). The van der Waals surface area contributed by atoms with Crippen molar-refractivity contribution in [3.8, 4) is 5.75 Å². The average Bonchev–Trinajstić information content (AvgIpc) is 2.85. The van der Waals surface area contributed by atoms with Crippen LogP contribution in [0.15, 0.2) is 24.4 Å². The lowest BCUT2D eigenvalue weighted by atomic mass is 10.1. The Bertz CT molecular complexity index is 619. The summed E-state index contributed by atoms with van der Waals surface area (Å²) in [5.74, 6) is 0.358. The minimum absolute atomic E-state index is 0.322. The molecular formula is C15H20N2O3. The highest BCUT2D eigenvalue weighted by molar-refractivity contribution is 5.93. The second kappa shape index (κ2) is 5.96. The zero-order valence-corrected chi connectivity index (χ0v) is 12.1. The third-order valence-corrected chi connectivity index (χ3v) is 3.33. The van der Waals surface area contributed by atoms with Gasteiger partial charge in [-0.05, 0) is 19.9 Å². The van der Waals surface area contributed by atoms with Crippen LogP contribution in [0.2, 0.25) is 0 Å². The van der Waals surface area contributed by atoms with Crippen molar-refractivity contribution >= 4 is 16.9 Å². The number of hydrogen-bond acceptors (Lipinski definition) is 4. The van der Waals surface area contributed by atoms with Gasteiger partial charge >= 0.3 is 5.97 Å². The smallest absolute Gasteiger partial charge is 0.327 e. The maximum atomic E-state index is 11.9. The third-order valence-electron chi connectivity index (χ3n) is 3.33. The van der Waals surface area contributed by atoms with E-state index in [4.69, 9.17) is 15.2 Å². The molecule has 0 spiro atoms. The lowest BCUT2D eigenvalue weighted by Crippen LogP contribution is -2.23. The molecule has 0 aliphatic rings. The fourth-order valence-electron chi connectivity index (χ4n) is 2.37. The highest BCUT2D eigenvalue weighted by atomic mass is 16.5. The van der Waals surface area contributed by atoms with Crippen LogP contribution in [0, 0.1) is 0 Å². The molecule has 0 bridgehead atoms. The van der Waals surface area contributed by atoms with Gasteiger partial charge in [0, 0.05) is 23.7 Å². The first-order valence-electron chi connectivity index (χ1n) is 6.71. The monoisotopic (exact) mass is 276 g/mol. The van der Waals surface area contributed by atoms with Gasteiger partial charge in [0.25, 0.3) is 0 Å². The van der Waals surface area contributed by atoms with E-state index in [2.05, 4.69) is 0 Å². The van der Waals surface area contributed by atoms with E-state index < -0.39 is 12.0 Å². The molecule has 0 saturated carbocycles. The number of benzene rings is 1. The molecule has 1 unspecified atom stereocenters. The number of rotatable bonds is 5. The van der Waals surface area contributed by atoms with E-state index in [0.717, 1.165) is 28.8 Å². The molecule has 1 heterocycles. The van der Waals surface area contributed by atoms with E-state index in [1.54, 1.807) is 14.0 Å². The van der Waals surface area contributed by atoms with Crippen molar-refractivity contribution in [3.05, 3.63) is 30.0 Å². The molecule has 20 heavy (non-hydrogen) atoms. The molecule has 0 aliphatic heterocycles. The largest absolute Gasteiger partial charge is 0.495 e. The zero-order chi connectivity index (χ0) is 14.7. The number of methoxy groups -OCH3 is 1. The van der Waals surface area contributed by atoms with Crippen LogP contribution in [-0.4, -0.2) is 24.3 Å². The summed E-state index contributed by atoms with van der Waals surface area (Å²) in [6.07, 6.45) is 1.90. The van der Waals surface area contributed by atoms with E-state index in [1.807, 2.05) is 35.9 Å². The average molecular weight is 276 g/mol. The maximum Gasteiger partial charge on any atom is 0.327 e. The minimum Gasteiger partial charge on any atom is -0.495 e. The van der Waals surface area contributed by atoms with Gasteiger partial charge in [-0.15, -0.1) is 0 Å². The highest BCUT2D eigenvalue weighted by Gasteiger charge is 2.23. The molecule has 0 fully saturated rings. The SMILES string of the molecule is CCOC(=O)C(N)c1cn(CC)c2c(OC)cccc12. The number of carbonyl (C=O) groups is 1. The first-order chi connectivity index (χ1) is 9.63. The summed E-state index contributed by atoms with van der Waals surface area (Å²) in [6.45, 7) is 4.89. The number of fused-ring (bicyclic) bond motifs is 1. The number of ether oxygens (including phenoxy) is 2. The predicted octanol–water partition coefficient (Wildman–Crippen LogP) is 2.23. The quantitative estimate of drug-likeness (QED) is 0.850. The first kappa shape index (κ1) is 14.4. The maximum absolute atomic E-state index is 11.9. The topological polar surface area (TPSA) is 66.5 Å². The Labute approximate surface area is 118 Å². The summed E-state index contributed by atoms with van der Waals surface area (Å²) >= 11 is 0. The summed E-state index contributed by atoms with van der Waals surface area (Å²) in [7, 11) is 1.63. The summed E-state index contributed by atoms with van der Waals surface area (Å²) in [4.78, 5) is 11.9. The van der Waals surface area contributed by atoms with Gasteiger partial charge in [-0.1, -0.05) is 12.1 Å². The normalized spacial score (nSPS) is 12.4. The Morgan fingerprint density at radius 2 is 2.15 bits per heavy atom. The Hall–Kier alpha value is -2.01. The fraction of sp³-hybridized carbons (Fsp3) is 0.400. The summed E-state index contributed by atoms with van der Waals surface area (Å²) in [5, 5.41) is 0.923. The van der Waals surface area contributed by atoms with Crippen molar-refractivity contribution in [3.63, 3.8) is 0 Å². The number of hydrogen-bond donors (Lipinski definition) is 1. The van der Waals surface area contributed by atoms with Crippen molar-refractivity contribution < 1.29 is 14.3 Å². The Morgan fingerprint density at radius 3 is 2.75 bits per heavy atom. The van der Waals surface area contributed by atoms with E-state index in [0.29, 0.717) is 6.61 Å². The minimum atomic E-state index is -0.780. The molecule has 2 aromatic rings. The molecule has 2 N–H and O–H groups in total. The molecular weight excluding hydrogens is 256 g/mol. The second-order valence-electron chi connectivity index (χ2n) is 4.46. The molecule has 1 aromatic heterocycles. The standard InChI is InChI=1S/C15H20N2O3/c1-4-17-9-11(13(16)15(18)20-5-2)10-7-6-8-12(19-3)14(10)17/h6-9,13H,4-5,16H2,1-3H3. The Kier molecular flexibility index (Phi) is 4.29. The van der Waals surface area contributed by atoms with E-state index >= 15 is 0 Å². The van der Waals surface area contributed by atoms with Crippen molar-refractivity contribution in [2.75, 3.05) is 13.7 Å². The van der Waals surface area contributed by atoms with E-state index in [1.165, 1.54) is 0 Å². The molecule has 0 amide bonds. The van der Waals surface area contributed by atoms with Crippen LogP contribution in [0.5, 0.6) is 5.75 Å². The zero-order valence-electron chi connectivity index (χ0n) is 12.1. The number of para-hydroxylation sites is 1.